The number of hydrogen-bond donors (Lipinski definition) is 2. The zero-order valence-electron chi connectivity index (χ0n) is 20.3. The Labute approximate surface area is 210 Å². The Balaban J connectivity index is 1.44. The molecular formula is C27H30N6O3. The summed E-state index contributed by atoms with van der Waals surface area (Å²) in [4.78, 5) is 28.9. The van der Waals surface area contributed by atoms with Crippen LogP contribution in [0.5, 0.6) is 11.5 Å². The van der Waals surface area contributed by atoms with Crippen molar-refractivity contribution in [3.8, 4) is 17.2 Å². The van der Waals surface area contributed by atoms with Gasteiger partial charge in [-0.2, -0.15) is 5.10 Å². The first-order valence-electron chi connectivity index (χ1n) is 12.1. The topological polar surface area (TPSA) is 106 Å². The molecule has 1 aromatic heterocycles. The van der Waals surface area contributed by atoms with Crippen molar-refractivity contribution in [1.82, 2.24) is 19.6 Å². The zero-order chi connectivity index (χ0) is 25.2. The zero-order valence-corrected chi connectivity index (χ0v) is 20.3. The Morgan fingerprint density at radius 2 is 1.83 bits per heavy atom. The van der Waals surface area contributed by atoms with E-state index >= 15 is 0 Å². The van der Waals surface area contributed by atoms with Crippen LogP contribution in [0.2, 0.25) is 0 Å². The molecule has 2 aromatic carbocycles. The number of aromatic nitrogens is 2. The summed E-state index contributed by atoms with van der Waals surface area (Å²) in [5.74, 6) is 0.830. The molecule has 0 unspecified atom stereocenters. The van der Waals surface area contributed by atoms with Gasteiger partial charge in [0.2, 0.25) is 5.91 Å². The number of carbonyl (C=O) groups excluding carboxylic acids is 2. The second-order valence-electron chi connectivity index (χ2n) is 9.10. The standard InChI is InChI=1S/C27H30N6O3/c1-3-23(34)31-15-16-32(18(2)17-31)22-13-14-29-25-24(22)30-33(26(25)27(28)35)19-9-11-21(12-10-19)36-20-7-5-4-6-8-20/h3-12,18,22,29H,1,13-17H2,2H3,(H2,28,35)/t18-,22+/m0/s1. The summed E-state index contributed by atoms with van der Waals surface area (Å²) in [6.45, 7) is 8.38. The van der Waals surface area contributed by atoms with Gasteiger partial charge in [0.05, 0.1) is 17.4 Å². The van der Waals surface area contributed by atoms with E-state index in [9.17, 15) is 9.59 Å². The Morgan fingerprint density at radius 3 is 2.50 bits per heavy atom. The van der Waals surface area contributed by atoms with Crippen molar-refractivity contribution in [2.75, 3.05) is 31.5 Å². The van der Waals surface area contributed by atoms with Gasteiger partial charge >= 0.3 is 0 Å². The maximum absolute atomic E-state index is 12.6. The first kappa shape index (κ1) is 23.6. The number of nitrogens with zero attached hydrogens (tertiary/aromatic N) is 4. The molecule has 0 radical (unpaired) electrons. The van der Waals surface area contributed by atoms with Crippen LogP contribution in [0.25, 0.3) is 5.69 Å². The summed E-state index contributed by atoms with van der Waals surface area (Å²) in [6.07, 6.45) is 2.20. The van der Waals surface area contributed by atoms with Crippen LogP contribution in [0.3, 0.4) is 0 Å². The van der Waals surface area contributed by atoms with E-state index in [1.807, 2.05) is 59.5 Å². The fourth-order valence-corrected chi connectivity index (χ4v) is 5.09. The van der Waals surface area contributed by atoms with Gasteiger partial charge < -0.3 is 20.7 Å². The molecule has 0 bridgehead atoms. The maximum Gasteiger partial charge on any atom is 0.269 e. The van der Waals surface area contributed by atoms with Crippen molar-refractivity contribution in [2.45, 2.75) is 25.4 Å². The van der Waals surface area contributed by atoms with Crippen molar-refractivity contribution in [3.05, 3.63) is 78.6 Å². The van der Waals surface area contributed by atoms with Crippen molar-refractivity contribution in [3.63, 3.8) is 0 Å². The van der Waals surface area contributed by atoms with Gasteiger partial charge in [0.25, 0.3) is 5.91 Å². The molecule has 3 N–H and O–H groups in total. The molecule has 1 saturated heterocycles. The summed E-state index contributed by atoms with van der Waals surface area (Å²) >= 11 is 0. The van der Waals surface area contributed by atoms with E-state index in [1.54, 1.807) is 4.68 Å². The lowest BCUT2D eigenvalue weighted by atomic mass is 9.99. The lowest BCUT2D eigenvalue weighted by Gasteiger charge is -2.44. The van der Waals surface area contributed by atoms with Gasteiger partial charge in [0, 0.05) is 32.2 Å². The predicted molar refractivity (Wildman–Crippen MR) is 137 cm³/mol. The molecule has 9 heteroatoms. The van der Waals surface area contributed by atoms with Crippen LogP contribution in [0.4, 0.5) is 5.69 Å². The van der Waals surface area contributed by atoms with Crippen LogP contribution in [-0.4, -0.2) is 63.6 Å². The average Bonchev–Trinajstić information content (AvgIpc) is 3.29. The van der Waals surface area contributed by atoms with Gasteiger partial charge in [-0.1, -0.05) is 24.8 Å². The van der Waals surface area contributed by atoms with Crippen LogP contribution in [-0.2, 0) is 4.79 Å². The van der Waals surface area contributed by atoms with Crippen LogP contribution < -0.4 is 15.8 Å². The third kappa shape index (κ3) is 4.45. The molecule has 186 valence electrons. The Morgan fingerprint density at radius 1 is 1.11 bits per heavy atom. The molecule has 36 heavy (non-hydrogen) atoms. The summed E-state index contributed by atoms with van der Waals surface area (Å²) in [6, 6.07) is 17.1. The Hall–Kier alpha value is -4.11. The number of anilines is 1. The SMILES string of the molecule is C=CC(=O)N1CCN([C@@H]2CCNc3c2nn(-c2ccc(Oc4ccccc4)cc2)c3C(N)=O)[C@@H](C)C1. The quantitative estimate of drug-likeness (QED) is 0.518. The van der Waals surface area contributed by atoms with E-state index in [-0.39, 0.29) is 18.0 Å². The Kier molecular flexibility index (Phi) is 6.47. The minimum atomic E-state index is -0.545. The van der Waals surface area contributed by atoms with Crippen molar-refractivity contribution in [1.29, 1.82) is 0 Å². The fraction of sp³-hybridized carbons (Fsp3) is 0.296. The number of hydrogen-bond acceptors (Lipinski definition) is 6. The molecule has 2 aliphatic heterocycles. The number of para-hydroxylation sites is 1. The molecule has 5 rings (SSSR count). The van der Waals surface area contributed by atoms with E-state index < -0.39 is 5.91 Å². The molecule has 2 amide bonds. The number of nitrogens with two attached hydrogens (primary N) is 1. The third-order valence-corrected chi connectivity index (χ3v) is 6.81. The number of amides is 2. The highest BCUT2D eigenvalue weighted by Gasteiger charge is 2.38. The number of nitrogens with one attached hydrogen (secondary N) is 1. The average molecular weight is 487 g/mol. The van der Waals surface area contributed by atoms with E-state index in [2.05, 4.69) is 23.7 Å². The van der Waals surface area contributed by atoms with E-state index in [4.69, 9.17) is 15.6 Å². The lowest BCUT2D eigenvalue weighted by Crippen LogP contribution is -2.54. The number of rotatable bonds is 6. The fourth-order valence-electron chi connectivity index (χ4n) is 5.09. The largest absolute Gasteiger partial charge is 0.457 e. The first-order chi connectivity index (χ1) is 17.5. The number of piperazine rings is 1. The van der Waals surface area contributed by atoms with Gasteiger partial charge in [-0.3, -0.25) is 14.5 Å². The van der Waals surface area contributed by atoms with Crippen LogP contribution >= 0.6 is 0 Å². The van der Waals surface area contributed by atoms with Gasteiger partial charge in [-0.15, -0.1) is 0 Å². The van der Waals surface area contributed by atoms with Gasteiger partial charge in [0.1, 0.15) is 17.2 Å². The summed E-state index contributed by atoms with van der Waals surface area (Å²) in [5.41, 5.74) is 8.37. The molecule has 1 fully saturated rings. The number of primary amides is 1. The number of ether oxygens (including phenoxy) is 1. The Bertz CT molecular complexity index is 1270. The summed E-state index contributed by atoms with van der Waals surface area (Å²) < 4.78 is 7.51. The summed E-state index contributed by atoms with van der Waals surface area (Å²) in [5, 5.41) is 8.24. The molecule has 9 nitrogen and oxygen atoms in total. The predicted octanol–water partition coefficient (Wildman–Crippen LogP) is 3.34. The second kappa shape index (κ2) is 9.87. The maximum atomic E-state index is 12.6. The normalized spacial score (nSPS) is 19.8. The van der Waals surface area contributed by atoms with Crippen LogP contribution in [0.15, 0.2) is 67.3 Å². The molecule has 3 heterocycles. The molecule has 0 aliphatic carbocycles. The minimum absolute atomic E-state index is 0.0114. The van der Waals surface area contributed by atoms with Crippen LogP contribution in [0, 0.1) is 0 Å². The number of carbonyl (C=O) groups is 2. The monoisotopic (exact) mass is 486 g/mol. The van der Waals surface area contributed by atoms with Gasteiger partial charge in [0.15, 0.2) is 5.69 Å². The molecular weight excluding hydrogens is 456 g/mol. The van der Waals surface area contributed by atoms with Crippen molar-refractivity contribution < 1.29 is 14.3 Å². The molecule has 2 atom stereocenters. The van der Waals surface area contributed by atoms with Crippen molar-refractivity contribution >= 4 is 17.5 Å². The number of fused-ring (bicyclic) bond motifs is 1. The van der Waals surface area contributed by atoms with Crippen molar-refractivity contribution in [2.24, 2.45) is 5.73 Å². The highest BCUT2D eigenvalue weighted by Crippen LogP contribution is 2.38. The smallest absolute Gasteiger partial charge is 0.269 e. The summed E-state index contributed by atoms with van der Waals surface area (Å²) in [7, 11) is 0. The molecule has 2 aliphatic rings. The van der Waals surface area contributed by atoms with E-state index in [1.165, 1.54) is 6.08 Å². The van der Waals surface area contributed by atoms with E-state index in [0.29, 0.717) is 42.5 Å². The first-order valence-corrected chi connectivity index (χ1v) is 12.1. The number of benzene rings is 2. The molecule has 3 aromatic rings. The minimum Gasteiger partial charge on any atom is -0.457 e. The highest BCUT2D eigenvalue weighted by molar-refractivity contribution is 5.98. The van der Waals surface area contributed by atoms with E-state index in [0.717, 1.165) is 24.4 Å². The second-order valence-corrected chi connectivity index (χ2v) is 9.10. The van der Waals surface area contributed by atoms with Gasteiger partial charge in [-0.25, -0.2) is 4.68 Å². The highest BCUT2D eigenvalue weighted by atomic mass is 16.5. The molecule has 0 spiro atoms. The molecule has 0 saturated carbocycles. The van der Waals surface area contributed by atoms with Crippen LogP contribution in [0.1, 0.15) is 35.6 Å². The lowest BCUT2D eigenvalue weighted by molar-refractivity contribution is -0.129. The van der Waals surface area contributed by atoms with Gasteiger partial charge in [-0.05, 0) is 55.8 Å². The third-order valence-electron chi connectivity index (χ3n) is 6.81.